The van der Waals surface area contributed by atoms with E-state index in [0.717, 1.165) is 38.3 Å². The zero-order valence-electron chi connectivity index (χ0n) is 15.8. The topological polar surface area (TPSA) is 35.6 Å². The second-order valence-corrected chi connectivity index (χ2v) is 7.88. The van der Waals surface area contributed by atoms with Crippen LogP contribution in [0.1, 0.15) is 56.3 Å². The fourth-order valence-electron chi connectivity index (χ4n) is 4.05. The van der Waals surface area contributed by atoms with Gasteiger partial charge in [0.25, 0.3) is 5.91 Å². The highest BCUT2D eigenvalue weighted by Gasteiger charge is 2.19. The molecule has 1 amide bonds. The van der Waals surface area contributed by atoms with E-state index in [-0.39, 0.29) is 5.91 Å². The molecule has 0 unspecified atom stereocenters. The van der Waals surface area contributed by atoms with Gasteiger partial charge in [0.1, 0.15) is 0 Å². The lowest BCUT2D eigenvalue weighted by molar-refractivity contribution is 0.0943. The Kier molecular flexibility index (Phi) is 6.35. The van der Waals surface area contributed by atoms with Gasteiger partial charge in [-0.2, -0.15) is 0 Å². The van der Waals surface area contributed by atoms with Crippen LogP contribution in [0.25, 0.3) is 0 Å². The van der Waals surface area contributed by atoms with Crippen LogP contribution in [0.3, 0.4) is 0 Å². The van der Waals surface area contributed by atoms with Crippen molar-refractivity contribution in [3.05, 3.63) is 29.8 Å². The number of nitrogens with zero attached hydrogens (tertiary/aromatic N) is 2. The Labute approximate surface area is 152 Å². The first-order chi connectivity index (χ1) is 12.1. The van der Waals surface area contributed by atoms with E-state index in [9.17, 15) is 4.79 Å². The first-order valence-electron chi connectivity index (χ1n) is 10.0. The number of piperazine rings is 1. The summed E-state index contributed by atoms with van der Waals surface area (Å²) in [5.41, 5.74) is 2.01. The van der Waals surface area contributed by atoms with E-state index in [1.54, 1.807) is 0 Å². The van der Waals surface area contributed by atoms with Crippen molar-refractivity contribution in [2.45, 2.75) is 52.0 Å². The summed E-state index contributed by atoms with van der Waals surface area (Å²) in [6.45, 7) is 9.70. The van der Waals surface area contributed by atoms with Gasteiger partial charge in [0.15, 0.2) is 0 Å². The normalized spacial score (nSPS) is 20.0. The van der Waals surface area contributed by atoms with Gasteiger partial charge in [-0.1, -0.05) is 19.3 Å². The molecule has 2 fully saturated rings. The van der Waals surface area contributed by atoms with Crippen LogP contribution in [0.4, 0.5) is 5.69 Å². The molecule has 0 bridgehead atoms. The highest BCUT2D eigenvalue weighted by Crippen LogP contribution is 2.23. The van der Waals surface area contributed by atoms with Crippen molar-refractivity contribution < 1.29 is 4.79 Å². The maximum Gasteiger partial charge on any atom is 0.251 e. The molecule has 4 nitrogen and oxygen atoms in total. The predicted octanol–water partition coefficient (Wildman–Crippen LogP) is 3.53. The molecule has 1 aromatic carbocycles. The van der Waals surface area contributed by atoms with Gasteiger partial charge < -0.3 is 10.2 Å². The van der Waals surface area contributed by atoms with Crippen molar-refractivity contribution in [3.63, 3.8) is 0 Å². The van der Waals surface area contributed by atoms with Gasteiger partial charge in [-0.3, -0.25) is 9.69 Å². The lowest BCUT2D eigenvalue weighted by atomic mass is 9.89. The monoisotopic (exact) mass is 343 g/mol. The predicted molar refractivity (Wildman–Crippen MR) is 104 cm³/mol. The SMILES string of the molecule is CC(C)N1CCN(c2ccc(C(=O)NCC3CCCCC3)cc2)CC1. The van der Waals surface area contributed by atoms with Crippen molar-refractivity contribution in [2.24, 2.45) is 5.92 Å². The molecule has 1 saturated heterocycles. The molecule has 1 saturated carbocycles. The minimum atomic E-state index is 0.0711. The first kappa shape index (κ1) is 18.2. The van der Waals surface area contributed by atoms with E-state index in [2.05, 4.69) is 41.1 Å². The van der Waals surface area contributed by atoms with E-state index < -0.39 is 0 Å². The Hall–Kier alpha value is -1.55. The molecule has 3 rings (SSSR count). The van der Waals surface area contributed by atoms with E-state index >= 15 is 0 Å². The summed E-state index contributed by atoms with van der Waals surface area (Å²) in [7, 11) is 0. The summed E-state index contributed by atoms with van der Waals surface area (Å²) >= 11 is 0. The van der Waals surface area contributed by atoms with E-state index in [0.29, 0.717) is 12.0 Å². The lowest BCUT2D eigenvalue weighted by Crippen LogP contribution is -2.48. The van der Waals surface area contributed by atoms with Gasteiger partial charge in [-0.15, -0.1) is 0 Å². The number of carbonyl (C=O) groups is 1. The van der Waals surface area contributed by atoms with Crippen LogP contribution in [0.5, 0.6) is 0 Å². The van der Waals surface area contributed by atoms with E-state index in [4.69, 9.17) is 0 Å². The third-order valence-electron chi connectivity index (χ3n) is 5.82. The van der Waals surface area contributed by atoms with Crippen LogP contribution in [-0.4, -0.2) is 49.6 Å². The third kappa shape index (κ3) is 4.97. The molecule has 1 heterocycles. The van der Waals surface area contributed by atoms with Crippen molar-refractivity contribution in [1.82, 2.24) is 10.2 Å². The number of anilines is 1. The van der Waals surface area contributed by atoms with Crippen molar-refractivity contribution in [3.8, 4) is 0 Å². The molecule has 0 spiro atoms. The molecule has 25 heavy (non-hydrogen) atoms. The second kappa shape index (κ2) is 8.70. The number of amides is 1. The molecule has 0 aromatic heterocycles. The number of hydrogen-bond acceptors (Lipinski definition) is 3. The van der Waals surface area contributed by atoms with Gasteiger partial charge in [0.05, 0.1) is 0 Å². The zero-order chi connectivity index (χ0) is 17.6. The quantitative estimate of drug-likeness (QED) is 0.888. The maximum absolute atomic E-state index is 12.4. The van der Waals surface area contributed by atoms with Crippen LogP contribution in [0.15, 0.2) is 24.3 Å². The van der Waals surface area contributed by atoms with Crippen molar-refractivity contribution in [2.75, 3.05) is 37.6 Å². The fraction of sp³-hybridized carbons (Fsp3) is 0.667. The Morgan fingerprint density at radius 2 is 1.68 bits per heavy atom. The van der Waals surface area contributed by atoms with Crippen LogP contribution in [0, 0.1) is 5.92 Å². The number of rotatable bonds is 5. The Morgan fingerprint density at radius 3 is 2.28 bits per heavy atom. The van der Waals surface area contributed by atoms with Gasteiger partial charge >= 0.3 is 0 Å². The van der Waals surface area contributed by atoms with Gasteiger partial charge in [0, 0.05) is 50.0 Å². The van der Waals surface area contributed by atoms with Crippen molar-refractivity contribution >= 4 is 11.6 Å². The summed E-state index contributed by atoms with van der Waals surface area (Å²) < 4.78 is 0. The number of benzene rings is 1. The smallest absolute Gasteiger partial charge is 0.251 e. The molecule has 1 aliphatic carbocycles. The van der Waals surface area contributed by atoms with E-state index in [1.165, 1.54) is 37.8 Å². The zero-order valence-corrected chi connectivity index (χ0v) is 15.8. The highest BCUT2D eigenvalue weighted by atomic mass is 16.1. The van der Waals surface area contributed by atoms with Gasteiger partial charge in [0.2, 0.25) is 0 Å². The maximum atomic E-state index is 12.4. The number of nitrogens with one attached hydrogen (secondary N) is 1. The summed E-state index contributed by atoms with van der Waals surface area (Å²) in [6.07, 6.45) is 6.53. The summed E-state index contributed by atoms with van der Waals surface area (Å²) in [5, 5.41) is 3.13. The second-order valence-electron chi connectivity index (χ2n) is 7.88. The average molecular weight is 344 g/mol. The molecular weight excluding hydrogens is 310 g/mol. The molecular formula is C21H33N3O. The molecule has 1 N–H and O–H groups in total. The lowest BCUT2D eigenvalue weighted by Gasteiger charge is -2.38. The van der Waals surface area contributed by atoms with Gasteiger partial charge in [-0.05, 0) is 56.9 Å². The Balaban J connectivity index is 1.49. The van der Waals surface area contributed by atoms with Gasteiger partial charge in [-0.25, -0.2) is 0 Å². The van der Waals surface area contributed by atoms with Crippen LogP contribution < -0.4 is 10.2 Å². The molecule has 1 aliphatic heterocycles. The molecule has 0 radical (unpaired) electrons. The van der Waals surface area contributed by atoms with E-state index in [1.807, 2.05) is 12.1 Å². The Morgan fingerprint density at radius 1 is 1.04 bits per heavy atom. The number of hydrogen-bond donors (Lipinski definition) is 1. The average Bonchev–Trinajstić information content (AvgIpc) is 2.67. The number of carbonyl (C=O) groups excluding carboxylic acids is 1. The molecule has 2 aliphatic rings. The minimum absolute atomic E-state index is 0.0711. The molecule has 138 valence electrons. The summed E-state index contributed by atoms with van der Waals surface area (Å²) in [5.74, 6) is 0.746. The molecule has 0 atom stereocenters. The largest absolute Gasteiger partial charge is 0.369 e. The van der Waals surface area contributed by atoms with Crippen LogP contribution in [0.2, 0.25) is 0 Å². The summed E-state index contributed by atoms with van der Waals surface area (Å²) in [4.78, 5) is 17.3. The minimum Gasteiger partial charge on any atom is -0.369 e. The third-order valence-corrected chi connectivity index (χ3v) is 5.82. The standard InChI is InChI=1S/C21H33N3O/c1-17(2)23-12-14-24(15-13-23)20-10-8-19(9-11-20)21(25)22-16-18-6-4-3-5-7-18/h8-11,17-18H,3-7,12-16H2,1-2H3,(H,22,25). The van der Waals surface area contributed by atoms with Crippen molar-refractivity contribution in [1.29, 1.82) is 0 Å². The fourth-order valence-corrected chi connectivity index (χ4v) is 4.05. The van der Waals surface area contributed by atoms with Crippen LogP contribution >= 0.6 is 0 Å². The molecule has 1 aromatic rings. The summed E-state index contributed by atoms with van der Waals surface area (Å²) in [6, 6.07) is 8.76. The molecule has 4 heteroatoms. The highest BCUT2D eigenvalue weighted by molar-refractivity contribution is 5.94. The Bertz CT molecular complexity index is 541. The van der Waals surface area contributed by atoms with Crippen LogP contribution in [-0.2, 0) is 0 Å². The first-order valence-corrected chi connectivity index (χ1v) is 10.0.